The van der Waals surface area contributed by atoms with E-state index in [1.807, 2.05) is 4.90 Å². The molecular weight excluding hydrogens is 258 g/mol. The Hall–Kier alpha value is -0.980. The largest absolute Gasteiger partial charge is 0.392 e. The second kappa shape index (κ2) is 4.02. The zero-order chi connectivity index (χ0) is 14.1. The summed E-state index contributed by atoms with van der Waals surface area (Å²) >= 11 is 0. The van der Waals surface area contributed by atoms with Gasteiger partial charge in [-0.2, -0.15) is 0 Å². The lowest BCUT2D eigenvalue weighted by Crippen LogP contribution is -2.82. The Bertz CT molecular complexity index is 470. The third kappa shape index (κ3) is 1.44. The number of fused-ring (bicyclic) bond motifs is 2. The van der Waals surface area contributed by atoms with Gasteiger partial charge in [-0.25, -0.2) is 0 Å². The molecule has 3 aliphatic heterocycles. The van der Waals surface area contributed by atoms with Gasteiger partial charge in [0.15, 0.2) is 0 Å². The highest BCUT2D eigenvalue weighted by Crippen LogP contribution is 2.42. The zero-order valence-corrected chi connectivity index (χ0v) is 11.8. The Kier molecular flexibility index (Phi) is 2.56. The Labute approximate surface area is 118 Å². The molecule has 3 heterocycles. The molecule has 4 rings (SSSR count). The van der Waals surface area contributed by atoms with E-state index in [2.05, 4.69) is 4.90 Å². The minimum Gasteiger partial charge on any atom is -0.392 e. The summed E-state index contributed by atoms with van der Waals surface area (Å²) in [4.78, 5) is 30.5. The lowest BCUT2D eigenvalue weighted by Gasteiger charge is -2.61. The van der Waals surface area contributed by atoms with E-state index >= 15 is 0 Å². The number of aliphatic hydroxyl groups excluding tert-OH is 1. The quantitative estimate of drug-likeness (QED) is 0.626. The zero-order valence-electron chi connectivity index (χ0n) is 11.8. The van der Waals surface area contributed by atoms with Crippen LogP contribution in [0.3, 0.4) is 0 Å². The van der Waals surface area contributed by atoms with Crippen LogP contribution in [0.25, 0.3) is 0 Å². The van der Waals surface area contributed by atoms with Crippen molar-refractivity contribution in [2.24, 2.45) is 0 Å². The van der Waals surface area contributed by atoms with Crippen molar-refractivity contribution in [1.82, 2.24) is 14.7 Å². The van der Waals surface area contributed by atoms with Crippen LogP contribution in [0.5, 0.6) is 0 Å². The van der Waals surface area contributed by atoms with Crippen LogP contribution >= 0.6 is 0 Å². The van der Waals surface area contributed by atoms with Gasteiger partial charge in [0.05, 0.1) is 12.1 Å². The van der Waals surface area contributed by atoms with Crippen LogP contribution in [0.1, 0.15) is 25.7 Å². The second-order valence-electron chi connectivity index (χ2n) is 6.78. The molecule has 2 unspecified atom stereocenters. The van der Waals surface area contributed by atoms with Gasteiger partial charge in [-0.3, -0.25) is 24.3 Å². The van der Waals surface area contributed by atoms with Crippen molar-refractivity contribution in [2.45, 2.75) is 49.4 Å². The number of amides is 2. The molecule has 0 aromatic rings. The first-order valence-corrected chi connectivity index (χ1v) is 7.54. The molecule has 1 saturated carbocycles. The first-order valence-electron chi connectivity index (χ1n) is 7.54. The van der Waals surface area contributed by atoms with Crippen LogP contribution < -0.4 is 0 Å². The van der Waals surface area contributed by atoms with Crippen molar-refractivity contribution in [3.8, 4) is 0 Å². The predicted octanol–water partition coefficient (Wildman–Crippen LogP) is -0.973. The number of imide groups is 1. The minimum absolute atomic E-state index is 0.0802. The van der Waals surface area contributed by atoms with Crippen LogP contribution in [0.2, 0.25) is 0 Å². The van der Waals surface area contributed by atoms with Crippen molar-refractivity contribution in [1.29, 1.82) is 0 Å². The third-order valence-corrected chi connectivity index (χ3v) is 5.67. The van der Waals surface area contributed by atoms with Gasteiger partial charge in [-0.1, -0.05) is 6.42 Å². The summed E-state index contributed by atoms with van der Waals surface area (Å²) in [6.07, 6.45) is 3.71. The molecule has 0 radical (unpaired) electrons. The van der Waals surface area contributed by atoms with Gasteiger partial charge in [0.1, 0.15) is 5.54 Å². The summed E-state index contributed by atoms with van der Waals surface area (Å²) in [5, 5.41) is 9.90. The summed E-state index contributed by atoms with van der Waals surface area (Å²) in [5.41, 5.74) is -0.555. The SMILES string of the molecule is CN1C(=O)C2CC(O)CN2C2(CN(C3CCC3)C2)C1=O. The molecule has 0 aromatic heterocycles. The van der Waals surface area contributed by atoms with Crippen LogP contribution in [0, 0.1) is 0 Å². The topological polar surface area (TPSA) is 64.1 Å². The number of carbonyl (C=O) groups excluding carboxylic acids is 2. The fraction of sp³-hybridized carbons (Fsp3) is 0.857. The highest BCUT2D eigenvalue weighted by atomic mass is 16.3. The number of carbonyl (C=O) groups is 2. The number of piperazine rings is 1. The first kappa shape index (κ1) is 12.7. The number of likely N-dealkylation sites (N-methyl/N-ethyl adjacent to an activating group) is 1. The van der Waals surface area contributed by atoms with Crippen LogP contribution in [-0.2, 0) is 9.59 Å². The van der Waals surface area contributed by atoms with Gasteiger partial charge in [0.25, 0.3) is 5.91 Å². The monoisotopic (exact) mass is 279 g/mol. The molecule has 6 nitrogen and oxygen atoms in total. The lowest BCUT2D eigenvalue weighted by molar-refractivity contribution is -0.182. The molecule has 0 aromatic carbocycles. The average Bonchev–Trinajstić information content (AvgIpc) is 2.69. The summed E-state index contributed by atoms with van der Waals surface area (Å²) in [5.74, 6) is -0.234. The maximum absolute atomic E-state index is 12.6. The number of likely N-dealkylation sites (tertiary alicyclic amines) is 1. The summed E-state index contributed by atoms with van der Waals surface area (Å²) in [6, 6.07) is 0.318. The van der Waals surface area contributed by atoms with Gasteiger partial charge < -0.3 is 5.11 Å². The van der Waals surface area contributed by atoms with Crippen molar-refractivity contribution in [3.05, 3.63) is 0 Å². The number of hydrogen-bond acceptors (Lipinski definition) is 5. The van der Waals surface area contributed by atoms with E-state index in [4.69, 9.17) is 0 Å². The fourth-order valence-corrected chi connectivity index (χ4v) is 4.23. The van der Waals surface area contributed by atoms with E-state index < -0.39 is 11.6 Å². The lowest BCUT2D eigenvalue weighted by atomic mass is 9.78. The van der Waals surface area contributed by atoms with E-state index in [9.17, 15) is 14.7 Å². The van der Waals surface area contributed by atoms with E-state index in [0.29, 0.717) is 19.0 Å². The Morgan fingerprint density at radius 3 is 2.55 bits per heavy atom. The average molecular weight is 279 g/mol. The molecule has 110 valence electrons. The first-order chi connectivity index (χ1) is 9.53. The number of hydrogen-bond donors (Lipinski definition) is 1. The van der Waals surface area contributed by atoms with E-state index in [-0.39, 0.29) is 17.9 Å². The number of aliphatic hydroxyl groups is 1. The normalized spacial score (nSPS) is 38.0. The predicted molar refractivity (Wildman–Crippen MR) is 70.8 cm³/mol. The molecule has 20 heavy (non-hydrogen) atoms. The summed E-state index contributed by atoms with van der Waals surface area (Å²) in [7, 11) is 1.58. The number of β-amino-alcohol motifs (C(OH)–C–C–N with tert-alkyl or cyclic N) is 1. The van der Waals surface area contributed by atoms with Crippen molar-refractivity contribution in [2.75, 3.05) is 26.7 Å². The summed E-state index contributed by atoms with van der Waals surface area (Å²) in [6.45, 7) is 1.89. The van der Waals surface area contributed by atoms with E-state index in [0.717, 1.165) is 13.1 Å². The second-order valence-corrected chi connectivity index (χ2v) is 6.78. The van der Waals surface area contributed by atoms with Gasteiger partial charge in [-0.05, 0) is 19.3 Å². The minimum atomic E-state index is -0.555. The Balaban J connectivity index is 1.61. The molecule has 1 N–H and O–H groups in total. The molecule has 2 atom stereocenters. The highest BCUT2D eigenvalue weighted by Gasteiger charge is 2.64. The van der Waals surface area contributed by atoms with Gasteiger partial charge in [0.2, 0.25) is 5.91 Å². The maximum atomic E-state index is 12.6. The number of nitrogens with zero attached hydrogens (tertiary/aromatic N) is 3. The molecule has 0 bridgehead atoms. The van der Waals surface area contributed by atoms with E-state index in [1.54, 1.807) is 7.05 Å². The molecular formula is C14H21N3O3. The molecule has 4 aliphatic rings. The maximum Gasteiger partial charge on any atom is 0.252 e. The molecule has 6 heteroatoms. The fourth-order valence-electron chi connectivity index (χ4n) is 4.23. The Morgan fingerprint density at radius 1 is 1.25 bits per heavy atom. The van der Waals surface area contributed by atoms with E-state index in [1.165, 1.54) is 24.2 Å². The van der Waals surface area contributed by atoms with Gasteiger partial charge >= 0.3 is 0 Å². The molecule has 4 fully saturated rings. The number of rotatable bonds is 1. The molecule has 2 amide bonds. The standard InChI is InChI=1S/C14H21N3O3/c1-15-12(19)11-5-10(18)6-17(11)14(13(15)20)7-16(8-14)9-3-2-4-9/h9-11,18H,2-8H2,1H3. The van der Waals surface area contributed by atoms with Gasteiger partial charge in [0, 0.05) is 32.7 Å². The Morgan fingerprint density at radius 2 is 1.95 bits per heavy atom. The summed E-state index contributed by atoms with van der Waals surface area (Å²) < 4.78 is 0. The van der Waals surface area contributed by atoms with Crippen molar-refractivity contribution in [3.63, 3.8) is 0 Å². The van der Waals surface area contributed by atoms with Crippen molar-refractivity contribution < 1.29 is 14.7 Å². The van der Waals surface area contributed by atoms with Crippen molar-refractivity contribution >= 4 is 11.8 Å². The molecule has 3 saturated heterocycles. The molecule has 1 aliphatic carbocycles. The van der Waals surface area contributed by atoms with Crippen LogP contribution in [0.15, 0.2) is 0 Å². The van der Waals surface area contributed by atoms with Crippen LogP contribution in [0.4, 0.5) is 0 Å². The smallest absolute Gasteiger partial charge is 0.252 e. The highest BCUT2D eigenvalue weighted by molar-refractivity contribution is 6.05. The van der Waals surface area contributed by atoms with Gasteiger partial charge in [-0.15, -0.1) is 0 Å². The van der Waals surface area contributed by atoms with Crippen LogP contribution in [-0.4, -0.2) is 82.0 Å². The third-order valence-electron chi connectivity index (χ3n) is 5.67. The molecule has 1 spiro atoms.